The number of unbranched alkanes of at least 4 members (excludes halogenated alkanes) is 1. The highest BCUT2D eigenvalue weighted by Gasteiger charge is 2.16. The van der Waals surface area contributed by atoms with Gasteiger partial charge in [-0.15, -0.1) is 0 Å². The van der Waals surface area contributed by atoms with Gasteiger partial charge in [0.15, 0.2) is 5.88 Å². The first-order valence-electron chi connectivity index (χ1n) is 5.36. The Balaban J connectivity index is 3.45. The zero-order valence-electron chi connectivity index (χ0n) is 9.87. The van der Waals surface area contributed by atoms with E-state index in [1.54, 1.807) is 6.92 Å². The molecule has 4 heteroatoms. The van der Waals surface area contributed by atoms with E-state index >= 15 is 0 Å². The van der Waals surface area contributed by atoms with Gasteiger partial charge in [-0.25, -0.2) is 0 Å². The van der Waals surface area contributed by atoms with Crippen molar-refractivity contribution in [3.63, 3.8) is 0 Å². The molecule has 16 heavy (non-hydrogen) atoms. The lowest BCUT2D eigenvalue weighted by atomic mass is 10.0. The minimum atomic E-state index is -0.433. The Morgan fingerprint density at radius 3 is 2.62 bits per heavy atom. The van der Waals surface area contributed by atoms with Crippen LogP contribution in [0.2, 0.25) is 0 Å². The lowest BCUT2D eigenvalue weighted by molar-refractivity contribution is 0.413. The van der Waals surface area contributed by atoms with E-state index in [0.29, 0.717) is 17.5 Å². The van der Waals surface area contributed by atoms with Crippen LogP contribution in [0, 0.1) is 18.3 Å². The van der Waals surface area contributed by atoms with E-state index in [1.165, 1.54) is 7.05 Å². The zero-order valence-corrected chi connectivity index (χ0v) is 9.87. The fourth-order valence-electron chi connectivity index (χ4n) is 1.73. The number of pyridine rings is 1. The minimum absolute atomic E-state index is 0.0186. The van der Waals surface area contributed by atoms with Crippen LogP contribution in [-0.4, -0.2) is 9.67 Å². The molecule has 0 saturated heterocycles. The Hall–Kier alpha value is -1.76. The van der Waals surface area contributed by atoms with Crippen LogP contribution >= 0.6 is 0 Å². The van der Waals surface area contributed by atoms with Crippen LogP contribution in [0.15, 0.2) is 4.79 Å². The Morgan fingerprint density at radius 1 is 1.50 bits per heavy atom. The van der Waals surface area contributed by atoms with Crippen LogP contribution in [0.5, 0.6) is 5.88 Å². The van der Waals surface area contributed by atoms with E-state index in [2.05, 4.69) is 6.92 Å². The molecule has 0 aromatic carbocycles. The van der Waals surface area contributed by atoms with Gasteiger partial charge >= 0.3 is 0 Å². The average molecular weight is 220 g/mol. The Bertz CT molecular complexity index is 495. The average Bonchev–Trinajstić information content (AvgIpc) is 2.27. The van der Waals surface area contributed by atoms with E-state index in [4.69, 9.17) is 5.26 Å². The van der Waals surface area contributed by atoms with Crippen LogP contribution in [-0.2, 0) is 13.5 Å². The largest absolute Gasteiger partial charge is 0.494 e. The number of nitrogens with zero attached hydrogens (tertiary/aromatic N) is 2. The lowest BCUT2D eigenvalue weighted by Crippen LogP contribution is -2.22. The van der Waals surface area contributed by atoms with Crippen molar-refractivity contribution in [3.8, 4) is 11.9 Å². The number of hydrogen-bond acceptors (Lipinski definition) is 3. The van der Waals surface area contributed by atoms with Crippen molar-refractivity contribution in [1.29, 1.82) is 5.26 Å². The molecule has 0 fully saturated rings. The molecule has 0 spiro atoms. The topological polar surface area (TPSA) is 66.0 Å². The second-order valence-electron chi connectivity index (χ2n) is 3.88. The van der Waals surface area contributed by atoms with Gasteiger partial charge in [-0.1, -0.05) is 13.3 Å². The predicted octanol–water partition coefficient (Wildman–Crippen LogP) is 1.61. The molecular formula is C12H16N2O2. The molecule has 0 bridgehead atoms. The van der Waals surface area contributed by atoms with Crippen molar-refractivity contribution in [1.82, 2.24) is 4.57 Å². The SMILES string of the molecule is CCCCc1c(C)c(C#N)c(=O)n(C)c1O. The maximum atomic E-state index is 11.6. The number of rotatable bonds is 3. The summed E-state index contributed by atoms with van der Waals surface area (Å²) in [5.41, 5.74) is 1.02. The van der Waals surface area contributed by atoms with Crippen molar-refractivity contribution >= 4 is 0 Å². The first kappa shape index (κ1) is 12.3. The molecule has 0 saturated carbocycles. The third-order valence-electron chi connectivity index (χ3n) is 2.83. The van der Waals surface area contributed by atoms with Gasteiger partial charge in [0, 0.05) is 12.6 Å². The number of aromatic nitrogens is 1. The van der Waals surface area contributed by atoms with Gasteiger partial charge in [-0.05, 0) is 25.3 Å². The summed E-state index contributed by atoms with van der Waals surface area (Å²) < 4.78 is 1.14. The van der Waals surface area contributed by atoms with E-state index in [-0.39, 0.29) is 11.4 Å². The summed E-state index contributed by atoms with van der Waals surface area (Å²) in [7, 11) is 1.48. The molecule has 0 atom stereocenters. The maximum Gasteiger partial charge on any atom is 0.271 e. The van der Waals surface area contributed by atoms with Crippen LogP contribution in [0.4, 0.5) is 0 Å². The molecule has 0 aliphatic rings. The fourth-order valence-corrected chi connectivity index (χ4v) is 1.73. The summed E-state index contributed by atoms with van der Waals surface area (Å²) in [5.74, 6) is -0.0186. The Labute approximate surface area is 94.8 Å². The highest BCUT2D eigenvalue weighted by atomic mass is 16.3. The predicted molar refractivity (Wildman–Crippen MR) is 61.4 cm³/mol. The first-order valence-corrected chi connectivity index (χ1v) is 5.36. The molecule has 1 aromatic heterocycles. The molecule has 1 heterocycles. The number of nitriles is 1. The molecule has 1 N–H and O–H groups in total. The van der Waals surface area contributed by atoms with Gasteiger partial charge in [0.1, 0.15) is 11.6 Å². The van der Waals surface area contributed by atoms with Crippen LogP contribution in [0.3, 0.4) is 0 Å². The third-order valence-corrected chi connectivity index (χ3v) is 2.83. The molecule has 0 aliphatic heterocycles. The fraction of sp³-hybridized carbons (Fsp3) is 0.500. The molecule has 0 aliphatic carbocycles. The number of hydrogen-bond donors (Lipinski definition) is 1. The third kappa shape index (κ3) is 1.94. The van der Waals surface area contributed by atoms with Gasteiger partial charge in [-0.3, -0.25) is 9.36 Å². The molecular weight excluding hydrogens is 204 g/mol. The van der Waals surface area contributed by atoms with Crippen molar-refractivity contribution in [2.75, 3.05) is 0 Å². The maximum absolute atomic E-state index is 11.6. The summed E-state index contributed by atoms with van der Waals surface area (Å²) >= 11 is 0. The van der Waals surface area contributed by atoms with Gasteiger partial charge in [0.05, 0.1) is 0 Å². The summed E-state index contributed by atoms with van der Waals surface area (Å²) in [4.78, 5) is 11.6. The normalized spacial score (nSPS) is 10.1. The van der Waals surface area contributed by atoms with Crippen molar-refractivity contribution in [3.05, 3.63) is 27.0 Å². The molecule has 0 unspecified atom stereocenters. The summed E-state index contributed by atoms with van der Waals surface area (Å²) in [5, 5.41) is 18.8. The zero-order chi connectivity index (χ0) is 12.3. The van der Waals surface area contributed by atoms with Crippen molar-refractivity contribution in [2.24, 2.45) is 7.05 Å². The molecule has 0 amide bonds. The summed E-state index contributed by atoms with van der Waals surface area (Å²) in [6.45, 7) is 3.77. The van der Waals surface area contributed by atoms with E-state index in [0.717, 1.165) is 17.4 Å². The standard InChI is InChI=1S/C12H16N2O2/c1-4-5-6-9-8(2)10(7-13)12(16)14(3)11(9)15/h15H,4-6H2,1-3H3. The molecule has 0 radical (unpaired) electrons. The lowest BCUT2D eigenvalue weighted by Gasteiger charge is -2.12. The van der Waals surface area contributed by atoms with Gasteiger partial charge in [-0.2, -0.15) is 5.26 Å². The smallest absolute Gasteiger partial charge is 0.271 e. The van der Waals surface area contributed by atoms with E-state index in [1.807, 2.05) is 6.07 Å². The first-order chi connectivity index (χ1) is 7.54. The highest BCUT2D eigenvalue weighted by Crippen LogP contribution is 2.22. The van der Waals surface area contributed by atoms with Crippen molar-refractivity contribution in [2.45, 2.75) is 33.1 Å². The number of aromatic hydroxyl groups is 1. The van der Waals surface area contributed by atoms with Crippen molar-refractivity contribution < 1.29 is 5.11 Å². The van der Waals surface area contributed by atoms with Crippen LogP contribution < -0.4 is 5.56 Å². The van der Waals surface area contributed by atoms with Gasteiger partial charge in [0.2, 0.25) is 0 Å². The molecule has 1 aromatic rings. The summed E-state index contributed by atoms with van der Waals surface area (Å²) in [6.07, 6.45) is 2.62. The second-order valence-corrected chi connectivity index (χ2v) is 3.88. The monoisotopic (exact) mass is 220 g/mol. The van der Waals surface area contributed by atoms with Gasteiger partial charge in [0.25, 0.3) is 5.56 Å². The Morgan fingerprint density at radius 2 is 2.12 bits per heavy atom. The second kappa shape index (κ2) is 4.84. The molecule has 4 nitrogen and oxygen atoms in total. The Kier molecular flexibility index (Phi) is 3.73. The minimum Gasteiger partial charge on any atom is -0.494 e. The highest BCUT2D eigenvalue weighted by molar-refractivity contribution is 5.45. The quantitative estimate of drug-likeness (QED) is 0.841. The van der Waals surface area contributed by atoms with E-state index in [9.17, 15) is 9.90 Å². The van der Waals surface area contributed by atoms with Gasteiger partial charge < -0.3 is 5.11 Å². The summed E-state index contributed by atoms with van der Waals surface area (Å²) in [6, 6.07) is 1.90. The van der Waals surface area contributed by atoms with Crippen LogP contribution in [0.1, 0.15) is 36.5 Å². The van der Waals surface area contributed by atoms with E-state index < -0.39 is 5.56 Å². The molecule has 1 rings (SSSR count). The van der Waals surface area contributed by atoms with Crippen LogP contribution in [0.25, 0.3) is 0 Å². The molecule has 86 valence electrons.